The van der Waals surface area contributed by atoms with Crippen LogP contribution in [0.15, 0.2) is 60.7 Å². The van der Waals surface area contributed by atoms with Gasteiger partial charge in [-0.05, 0) is 0 Å². The molecule has 4 nitrogen and oxygen atoms in total. The molecule has 5 heteroatoms. The van der Waals surface area contributed by atoms with Crippen LogP contribution in [-0.4, -0.2) is 20.5 Å². The largest absolute Gasteiger partial charge is 0.289 e. The fraction of sp³-hybridized carbons (Fsp3) is 0.0714. The van der Waals surface area contributed by atoms with Crippen LogP contribution < -0.4 is 5.14 Å². The van der Waals surface area contributed by atoms with Gasteiger partial charge in [-0.25, -0.2) is 13.6 Å². The van der Waals surface area contributed by atoms with Gasteiger partial charge in [0, 0.05) is 11.1 Å². The molecular formula is C14H15NO3S. The van der Waals surface area contributed by atoms with E-state index in [-0.39, 0.29) is 5.78 Å². The Morgan fingerprint density at radius 2 is 1.11 bits per heavy atom. The molecule has 2 aromatic carbocycles. The summed E-state index contributed by atoms with van der Waals surface area (Å²) < 4.78 is 18.8. The van der Waals surface area contributed by atoms with Crippen LogP contribution in [0, 0.1) is 0 Å². The van der Waals surface area contributed by atoms with Crippen molar-refractivity contribution in [3.05, 3.63) is 71.8 Å². The van der Waals surface area contributed by atoms with E-state index in [2.05, 4.69) is 5.14 Å². The summed E-state index contributed by atoms with van der Waals surface area (Å²) in [6, 6.07) is 18.6. The molecule has 0 aliphatic rings. The summed E-state index contributed by atoms with van der Waals surface area (Å²) in [4.78, 5) is 11.8. The molecule has 0 heterocycles. The smallest absolute Gasteiger partial charge is 0.206 e. The molecule has 2 aromatic rings. The third-order valence-corrected chi connectivity index (χ3v) is 2.07. The fourth-order valence-electron chi connectivity index (χ4n) is 1.35. The zero-order valence-electron chi connectivity index (χ0n) is 10.5. The number of nitrogens with two attached hydrogens (primary N) is 1. The number of rotatable bonds is 2. The Labute approximate surface area is 112 Å². The Hall–Kier alpha value is -1.98. The van der Waals surface area contributed by atoms with Gasteiger partial charge < -0.3 is 0 Å². The first-order valence-electron chi connectivity index (χ1n) is 5.50. The summed E-state index contributed by atoms with van der Waals surface area (Å²) in [5, 5.41) is 4.33. The maximum atomic E-state index is 11.8. The minimum Gasteiger partial charge on any atom is -0.289 e. The molecule has 0 amide bonds. The molecule has 19 heavy (non-hydrogen) atoms. The van der Waals surface area contributed by atoms with E-state index in [1.54, 1.807) is 0 Å². The Kier molecular flexibility index (Phi) is 5.41. The Morgan fingerprint density at radius 1 is 0.842 bits per heavy atom. The molecular weight excluding hydrogens is 262 g/mol. The zero-order chi connectivity index (χ0) is 14.3. The van der Waals surface area contributed by atoms with Gasteiger partial charge in [0.25, 0.3) is 0 Å². The van der Waals surface area contributed by atoms with Gasteiger partial charge in [0.05, 0.1) is 6.26 Å². The number of sulfonamides is 1. The van der Waals surface area contributed by atoms with Crippen LogP contribution in [-0.2, 0) is 10.0 Å². The Balaban J connectivity index is 0.000000312. The van der Waals surface area contributed by atoms with Crippen molar-refractivity contribution in [1.82, 2.24) is 0 Å². The normalized spacial score (nSPS) is 10.2. The number of carbonyl (C=O) groups excluding carboxylic acids is 1. The monoisotopic (exact) mass is 277 g/mol. The first-order chi connectivity index (χ1) is 8.88. The summed E-state index contributed by atoms with van der Waals surface area (Å²) in [6.07, 6.45) is 0.938. The molecule has 0 aliphatic heterocycles. The lowest BCUT2D eigenvalue weighted by atomic mass is 10.0. The van der Waals surface area contributed by atoms with E-state index in [1.807, 2.05) is 60.7 Å². The van der Waals surface area contributed by atoms with Crippen LogP contribution in [0.5, 0.6) is 0 Å². The van der Waals surface area contributed by atoms with Crippen LogP contribution >= 0.6 is 0 Å². The van der Waals surface area contributed by atoms with Crippen LogP contribution in [0.4, 0.5) is 0 Å². The molecule has 0 bridgehead atoms. The first kappa shape index (κ1) is 15.1. The molecule has 2 N–H and O–H groups in total. The fourth-order valence-corrected chi connectivity index (χ4v) is 1.35. The number of benzene rings is 2. The van der Waals surface area contributed by atoms with Crippen LogP contribution in [0.1, 0.15) is 15.9 Å². The van der Waals surface area contributed by atoms with E-state index in [0.29, 0.717) is 0 Å². The molecule has 0 radical (unpaired) electrons. The lowest BCUT2D eigenvalue weighted by Gasteiger charge is -1.99. The van der Waals surface area contributed by atoms with Crippen molar-refractivity contribution in [2.45, 2.75) is 0 Å². The van der Waals surface area contributed by atoms with Crippen molar-refractivity contribution in [1.29, 1.82) is 0 Å². The highest BCUT2D eigenvalue weighted by molar-refractivity contribution is 7.88. The third-order valence-electron chi connectivity index (χ3n) is 2.07. The van der Waals surface area contributed by atoms with Crippen LogP contribution in [0.25, 0.3) is 0 Å². The second-order valence-electron chi connectivity index (χ2n) is 3.89. The van der Waals surface area contributed by atoms with E-state index in [1.165, 1.54) is 0 Å². The van der Waals surface area contributed by atoms with E-state index >= 15 is 0 Å². The van der Waals surface area contributed by atoms with Gasteiger partial charge in [-0.2, -0.15) is 0 Å². The zero-order valence-corrected chi connectivity index (χ0v) is 11.3. The number of ketones is 1. The molecule has 0 unspecified atom stereocenters. The third kappa shape index (κ3) is 6.49. The second kappa shape index (κ2) is 6.82. The summed E-state index contributed by atoms with van der Waals surface area (Å²) in [5.74, 6) is 0.0752. The maximum Gasteiger partial charge on any atom is 0.206 e. The van der Waals surface area contributed by atoms with Gasteiger partial charge in [-0.1, -0.05) is 60.7 Å². The summed E-state index contributed by atoms with van der Waals surface area (Å²) >= 11 is 0. The summed E-state index contributed by atoms with van der Waals surface area (Å²) in [6.45, 7) is 0. The lowest BCUT2D eigenvalue weighted by Crippen LogP contribution is -2.07. The Bertz CT molecular complexity index is 573. The van der Waals surface area contributed by atoms with Crippen molar-refractivity contribution in [3.63, 3.8) is 0 Å². The molecule has 0 fully saturated rings. The molecule has 0 aromatic heterocycles. The Morgan fingerprint density at radius 3 is 1.37 bits per heavy atom. The van der Waals surface area contributed by atoms with E-state index < -0.39 is 10.0 Å². The molecule has 0 atom stereocenters. The average molecular weight is 277 g/mol. The molecule has 0 saturated carbocycles. The number of hydrogen-bond donors (Lipinski definition) is 1. The van der Waals surface area contributed by atoms with Gasteiger partial charge in [-0.15, -0.1) is 0 Å². The van der Waals surface area contributed by atoms with Crippen molar-refractivity contribution in [3.8, 4) is 0 Å². The predicted octanol–water partition coefficient (Wildman–Crippen LogP) is 1.82. The number of hydrogen-bond acceptors (Lipinski definition) is 3. The van der Waals surface area contributed by atoms with Crippen LogP contribution in [0.2, 0.25) is 0 Å². The molecule has 100 valence electrons. The minimum absolute atomic E-state index is 0.0752. The summed E-state index contributed by atoms with van der Waals surface area (Å²) in [5.41, 5.74) is 1.47. The van der Waals surface area contributed by atoms with Crippen molar-refractivity contribution < 1.29 is 13.2 Å². The predicted molar refractivity (Wildman–Crippen MR) is 75.3 cm³/mol. The van der Waals surface area contributed by atoms with Crippen molar-refractivity contribution in [2.75, 3.05) is 6.26 Å². The number of primary sulfonamides is 1. The molecule has 0 saturated heterocycles. The maximum absolute atomic E-state index is 11.8. The van der Waals surface area contributed by atoms with Crippen LogP contribution in [0.3, 0.4) is 0 Å². The highest BCUT2D eigenvalue weighted by Crippen LogP contribution is 2.08. The quantitative estimate of drug-likeness (QED) is 0.851. The lowest BCUT2D eigenvalue weighted by molar-refractivity contribution is 0.103. The van der Waals surface area contributed by atoms with E-state index in [9.17, 15) is 13.2 Å². The SMILES string of the molecule is CS(N)(=O)=O.O=C(c1ccccc1)c1ccccc1. The van der Waals surface area contributed by atoms with Gasteiger partial charge in [0.1, 0.15) is 0 Å². The average Bonchev–Trinajstić information content (AvgIpc) is 2.38. The van der Waals surface area contributed by atoms with Gasteiger partial charge in [-0.3, -0.25) is 4.79 Å². The molecule has 0 spiro atoms. The van der Waals surface area contributed by atoms with Gasteiger partial charge in [0.2, 0.25) is 10.0 Å². The van der Waals surface area contributed by atoms with E-state index in [4.69, 9.17) is 0 Å². The highest BCUT2D eigenvalue weighted by Gasteiger charge is 2.06. The van der Waals surface area contributed by atoms with Gasteiger partial charge >= 0.3 is 0 Å². The van der Waals surface area contributed by atoms with Crippen molar-refractivity contribution in [2.24, 2.45) is 5.14 Å². The van der Waals surface area contributed by atoms with Crippen molar-refractivity contribution >= 4 is 15.8 Å². The topological polar surface area (TPSA) is 77.2 Å². The second-order valence-corrected chi connectivity index (χ2v) is 5.55. The standard InChI is InChI=1S/C13H10O.CH5NO2S/c14-13(11-7-3-1-4-8-11)12-9-5-2-6-10-12;1-5(2,3)4/h1-10H;1H3,(H2,2,3,4). The first-order valence-corrected chi connectivity index (χ1v) is 7.46. The van der Waals surface area contributed by atoms with Gasteiger partial charge in [0.15, 0.2) is 5.78 Å². The number of carbonyl (C=O) groups is 1. The molecule has 2 rings (SSSR count). The minimum atomic E-state index is -3.17. The highest BCUT2D eigenvalue weighted by atomic mass is 32.2. The van der Waals surface area contributed by atoms with E-state index in [0.717, 1.165) is 17.4 Å². The summed E-state index contributed by atoms with van der Waals surface area (Å²) in [7, 11) is -3.17. The molecule has 0 aliphatic carbocycles.